The minimum absolute atomic E-state index is 0.0435. The molecule has 0 aliphatic carbocycles. The zero-order valence-corrected chi connectivity index (χ0v) is 22.5. The second-order valence-electron chi connectivity index (χ2n) is 10.3. The van der Waals surface area contributed by atoms with Crippen LogP contribution in [0.15, 0.2) is 77.2 Å². The number of carbonyl (C=O) groups excluding carboxylic acids is 1. The lowest BCUT2D eigenvalue weighted by molar-refractivity contribution is 0.0950. The van der Waals surface area contributed by atoms with Crippen molar-refractivity contribution in [3.63, 3.8) is 0 Å². The first-order valence-electron chi connectivity index (χ1n) is 12.5. The van der Waals surface area contributed by atoms with E-state index in [1.165, 1.54) is 5.56 Å². The number of hydrogen-bond acceptors (Lipinski definition) is 5. The van der Waals surface area contributed by atoms with E-state index in [1.54, 1.807) is 7.11 Å². The molecule has 1 amide bonds. The number of nitrogens with zero attached hydrogens (tertiary/aromatic N) is 2. The van der Waals surface area contributed by atoms with Gasteiger partial charge in [-0.25, -0.2) is 4.98 Å². The van der Waals surface area contributed by atoms with Crippen molar-refractivity contribution >= 4 is 11.6 Å². The van der Waals surface area contributed by atoms with Gasteiger partial charge in [0.05, 0.1) is 7.11 Å². The van der Waals surface area contributed by atoms with Crippen molar-refractivity contribution in [1.29, 1.82) is 0 Å². The summed E-state index contributed by atoms with van der Waals surface area (Å²) in [6, 6.07) is 23.9. The molecule has 1 heterocycles. The molecule has 4 rings (SSSR count). The number of nitrogens with one attached hydrogen (secondary N) is 1. The molecular formula is C31H35N3O3. The van der Waals surface area contributed by atoms with Crippen molar-refractivity contribution in [2.45, 2.75) is 32.6 Å². The molecule has 4 aromatic rings. The van der Waals surface area contributed by atoms with Crippen LogP contribution in [0.4, 0.5) is 5.69 Å². The predicted octanol–water partition coefficient (Wildman–Crippen LogP) is 6.35. The molecule has 0 radical (unpaired) electrons. The van der Waals surface area contributed by atoms with Crippen LogP contribution in [0.1, 0.15) is 42.4 Å². The maximum absolute atomic E-state index is 13.3. The summed E-state index contributed by atoms with van der Waals surface area (Å²) in [4.78, 5) is 20.0. The summed E-state index contributed by atoms with van der Waals surface area (Å²) in [5.74, 6) is 1.43. The summed E-state index contributed by atoms with van der Waals surface area (Å²) >= 11 is 0. The summed E-state index contributed by atoms with van der Waals surface area (Å²) in [7, 11) is 5.61. The van der Waals surface area contributed by atoms with Crippen LogP contribution in [0.5, 0.6) is 5.75 Å². The monoisotopic (exact) mass is 497 g/mol. The van der Waals surface area contributed by atoms with E-state index in [9.17, 15) is 4.79 Å². The summed E-state index contributed by atoms with van der Waals surface area (Å²) in [5, 5.41) is 3.01. The molecule has 1 aromatic heterocycles. The highest BCUT2D eigenvalue weighted by molar-refractivity contribution is 5.98. The minimum Gasteiger partial charge on any atom is -0.497 e. The van der Waals surface area contributed by atoms with E-state index in [1.807, 2.05) is 79.7 Å². The molecule has 37 heavy (non-hydrogen) atoms. The average Bonchev–Trinajstić information content (AvgIpc) is 3.34. The molecule has 3 aromatic carbocycles. The van der Waals surface area contributed by atoms with Gasteiger partial charge in [0.2, 0.25) is 5.89 Å². The third-order valence-electron chi connectivity index (χ3n) is 6.32. The van der Waals surface area contributed by atoms with Crippen molar-refractivity contribution in [3.8, 4) is 28.5 Å². The Morgan fingerprint density at radius 2 is 1.68 bits per heavy atom. The zero-order valence-electron chi connectivity index (χ0n) is 22.5. The Morgan fingerprint density at radius 1 is 0.973 bits per heavy atom. The molecule has 192 valence electrons. The highest BCUT2D eigenvalue weighted by Gasteiger charge is 2.23. The fourth-order valence-corrected chi connectivity index (χ4v) is 4.03. The van der Waals surface area contributed by atoms with Gasteiger partial charge in [0, 0.05) is 37.5 Å². The van der Waals surface area contributed by atoms with Gasteiger partial charge in [-0.05, 0) is 59.4 Å². The van der Waals surface area contributed by atoms with E-state index < -0.39 is 0 Å². The van der Waals surface area contributed by atoms with Crippen LogP contribution in [-0.4, -0.2) is 38.6 Å². The van der Waals surface area contributed by atoms with E-state index in [-0.39, 0.29) is 17.0 Å². The summed E-state index contributed by atoms with van der Waals surface area (Å²) in [6.45, 7) is 7.01. The topological polar surface area (TPSA) is 67.6 Å². The second-order valence-corrected chi connectivity index (χ2v) is 10.3. The lowest BCUT2D eigenvalue weighted by Crippen LogP contribution is -2.26. The van der Waals surface area contributed by atoms with E-state index >= 15 is 0 Å². The lowest BCUT2D eigenvalue weighted by atomic mass is 9.87. The van der Waals surface area contributed by atoms with Gasteiger partial charge >= 0.3 is 0 Å². The van der Waals surface area contributed by atoms with Gasteiger partial charge in [0.15, 0.2) is 11.5 Å². The number of rotatable bonds is 8. The average molecular weight is 498 g/mol. The molecule has 1 N–H and O–H groups in total. The van der Waals surface area contributed by atoms with Crippen molar-refractivity contribution in [2.75, 3.05) is 32.6 Å². The van der Waals surface area contributed by atoms with E-state index in [4.69, 9.17) is 9.15 Å². The normalized spacial score (nSPS) is 11.3. The van der Waals surface area contributed by atoms with E-state index in [0.29, 0.717) is 24.6 Å². The molecule has 0 bridgehead atoms. The van der Waals surface area contributed by atoms with Crippen molar-refractivity contribution in [2.24, 2.45) is 0 Å². The third-order valence-corrected chi connectivity index (χ3v) is 6.32. The molecular weight excluding hydrogens is 462 g/mol. The molecule has 0 atom stereocenters. The SMILES string of the molecule is COc1ccc(CCNC(=O)c2nc(-c3ccc(C(C)(C)C)cc3)oc2-c2cccc(N(C)C)c2)cc1. The van der Waals surface area contributed by atoms with Crippen molar-refractivity contribution in [3.05, 3.63) is 89.6 Å². The maximum Gasteiger partial charge on any atom is 0.273 e. The predicted molar refractivity (Wildman–Crippen MR) is 149 cm³/mol. The number of methoxy groups -OCH3 is 1. The van der Waals surface area contributed by atoms with Gasteiger partial charge in [-0.3, -0.25) is 4.79 Å². The number of anilines is 1. The number of benzene rings is 3. The highest BCUT2D eigenvalue weighted by atomic mass is 16.5. The lowest BCUT2D eigenvalue weighted by Gasteiger charge is -2.18. The molecule has 0 fully saturated rings. The summed E-state index contributed by atoms with van der Waals surface area (Å²) < 4.78 is 11.5. The Balaban J connectivity index is 1.62. The minimum atomic E-state index is -0.264. The first kappa shape index (κ1) is 26.0. The van der Waals surface area contributed by atoms with Crippen LogP contribution in [0, 0.1) is 0 Å². The Labute approximate surface area is 219 Å². The number of ether oxygens (including phenoxy) is 1. The molecule has 6 nitrogen and oxygen atoms in total. The van der Waals surface area contributed by atoms with Gasteiger partial charge in [0.25, 0.3) is 5.91 Å². The van der Waals surface area contributed by atoms with Crippen molar-refractivity contribution < 1.29 is 13.9 Å². The largest absolute Gasteiger partial charge is 0.497 e. The molecule has 0 spiro atoms. The van der Waals surface area contributed by atoms with Crippen LogP contribution < -0.4 is 15.0 Å². The van der Waals surface area contributed by atoms with Gasteiger partial charge in [-0.1, -0.05) is 57.2 Å². The van der Waals surface area contributed by atoms with Crippen LogP contribution in [0.2, 0.25) is 0 Å². The smallest absolute Gasteiger partial charge is 0.273 e. The Bertz CT molecular complexity index is 1350. The first-order valence-corrected chi connectivity index (χ1v) is 12.5. The number of aromatic nitrogens is 1. The van der Waals surface area contributed by atoms with Gasteiger partial charge in [0.1, 0.15) is 5.75 Å². The summed E-state index contributed by atoms with van der Waals surface area (Å²) in [5.41, 5.74) is 5.29. The van der Waals surface area contributed by atoms with E-state index in [2.05, 4.69) is 43.2 Å². The zero-order chi connectivity index (χ0) is 26.6. The quantitative estimate of drug-likeness (QED) is 0.307. The van der Waals surface area contributed by atoms with E-state index in [0.717, 1.165) is 28.1 Å². The fraction of sp³-hybridized carbons (Fsp3) is 0.290. The van der Waals surface area contributed by atoms with Crippen LogP contribution in [-0.2, 0) is 11.8 Å². The number of oxazole rings is 1. The maximum atomic E-state index is 13.3. The number of carbonyl (C=O) groups is 1. The second kappa shape index (κ2) is 10.9. The first-order chi connectivity index (χ1) is 17.7. The van der Waals surface area contributed by atoms with Crippen LogP contribution >= 0.6 is 0 Å². The number of amides is 1. The van der Waals surface area contributed by atoms with Crippen LogP contribution in [0.3, 0.4) is 0 Å². The fourth-order valence-electron chi connectivity index (χ4n) is 4.03. The molecule has 0 aliphatic heterocycles. The summed E-state index contributed by atoms with van der Waals surface area (Å²) in [6.07, 6.45) is 0.695. The standard InChI is InChI=1S/C31H35N3O3/c1-31(2,3)24-14-12-22(13-15-24)30-33-27(28(37-30)23-8-7-9-25(20-23)34(4)5)29(35)32-19-18-21-10-16-26(36-6)17-11-21/h7-17,20H,18-19H2,1-6H3,(H,32,35). The van der Waals surface area contributed by atoms with Crippen LogP contribution in [0.25, 0.3) is 22.8 Å². The van der Waals surface area contributed by atoms with Gasteiger partial charge in [-0.15, -0.1) is 0 Å². The molecule has 0 saturated heterocycles. The molecule has 0 saturated carbocycles. The van der Waals surface area contributed by atoms with Gasteiger partial charge < -0.3 is 19.4 Å². The van der Waals surface area contributed by atoms with Crippen molar-refractivity contribution in [1.82, 2.24) is 10.3 Å². The Kier molecular flexibility index (Phi) is 7.67. The molecule has 0 aliphatic rings. The number of hydrogen-bond donors (Lipinski definition) is 1. The Morgan fingerprint density at radius 3 is 2.30 bits per heavy atom. The highest BCUT2D eigenvalue weighted by Crippen LogP contribution is 2.33. The molecule has 6 heteroatoms. The Hall–Kier alpha value is -4.06. The third kappa shape index (κ3) is 6.20. The molecule has 0 unspecified atom stereocenters. The van der Waals surface area contributed by atoms with Gasteiger partial charge in [-0.2, -0.15) is 0 Å².